The van der Waals surface area contributed by atoms with Crippen LogP contribution in [0.5, 0.6) is 0 Å². The standard InChI is InChI=1S/C28H38N4O7/c1-16(2)23(15-33)32-27(38)18(4)29-26(37)17(3)30-28(39)22(31-24(34)11-12-25(35)36)14-19-9-10-20-7-5-6-8-21(20)13-19/h5-10,13,16-18,22-23,33H,11-12,14-15H2,1-4H3,(H,29,37)(H,30,39)(H,31,34)(H,32,38)(H,35,36)/t17-,18-,22-,23+/m0/s1. The average Bonchev–Trinajstić information content (AvgIpc) is 2.89. The van der Waals surface area contributed by atoms with E-state index >= 15 is 0 Å². The second-order valence-electron chi connectivity index (χ2n) is 9.90. The highest BCUT2D eigenvalue weighted by atomic mass is 16.4. The first kappa shape index (κ1) is 31.2. The molecule has 0 bridgehead atoms. The molecular weight excluding hydrogens is 504 g/mol. The number of aliphatic hydroxyl groups excluding tert-OH is 1. The van der Waals surface area contributed by atoms with Crippen molar-refractivity contribution in [2.75, 3.05) is 6.61 Å². The number of fused-ring (bicyclic) bond motifs is 1. The van der Waals surface area contributed by atoms with E-state index in [2.05, 4.69) is 21.3 Å². The van der Waals surface area contributed by atoms with Crippen molar-refractivity contribution in [1.82, 2.24) is 21.3 Å². The highest BCUT2D eigenvalue weighted by molar-refractivity contribution is 5.94. The first-order valence-electron chi connectivity index (χ1n) is 12.9. The second-order valence-corrected chi connectivity index (χ2v) is 9.90. The summed E-state index contributed by atoms with van der Waals surface area (Å²) in [5, 5.41) is 30.6. The number of aliphatic hydroxyl groups is 1. The van der Waals surface area contributed by atoms with Gasteiger partial charge in [-0.1, -0.05) is 56.3 Å². The number of benzene rings is 2. The SMILES string of the molecule is CC(C)[C@@H](CO)NC(=O)[C@H](C)NC(=O)[C@H](C)NC(=O)[C@H](Cc1ccc2ccccc2c1)NC(=O)CCC(=O)O. The number of carboxylic acid groups (broad SMARTS) is 1. The molecule has 2 rings (SSSR count). The molecular formula is C28H38N4O7. The first-order chi connectivity index (χ1) is 18.4. The summed E-state index contributed by atoms with van der Waals surface area (Å²) in [7, 11) is 0. The van der Waals surface area contributed by atoms with Gasteiger partial charge in [-0.25, -0.2) is 0 Å². The number of carbonyl (C=O) groups is 5. The molecule has 0 heterocycles. The summed E-state index contributed by atoms with van der Waals surface area (Å²) in [5.41, 5.74) is 0.762. The van der Waals surface area contributed by atoms with Crippen LogP contribution < -0.4 is 21.3 Å². The quantitative estimate of drug-likeness (QED) is 0.205. The number of nitrogens with one attached hydrogen (secondary N) is 4. The van der Waals surface area contributed by atoms with E-state index in [4.69, 9.17) is 5.11 Å². The Balaban J connectivity index is 2.08. The molecule has 0 aliphatic heterocycles. The summed E-state index contributed by atoms with van der Waals surface area (Å²) < 4.78 is 0. The molecule has 6 N–H and O–H groups in total. The van der Waals surface area contributed by atoms with Crippen molar-refractivity contribution >= 4 is 40.4 Å². The van der Waals surface area contributed by atoms with E-state index in [0.29, 0.717) is 0 Å². The average molecular weight is 543 g/mol. The largest absolute Gasteiger partial charge is 0.481 e. The lowest BCUT2D eigenvalue weighted by Gasteiger charge is -2.24. The lowest BCUT2D eigenvalue weighted by Crippen LogP contribution is -2.56. The molecule has 0 saturated heterocycles. The molecule has 4 atom stereocenters. The molecule has 11 heteroatoms. The molecule has 2 aromatic carbocycles. The monoisotopic (exact) mass is 542 g/mol. The van der Waals surface area contributed by atoms with E-state index in [0.717, 1.165) is 16.3 Å². The summed E-state index contributed by atoms with van der Waals surface area (Å²) in [6.07, 6.45) is -0.575. The fraction of sp³-hybridized carbons (Fsp3) is 0.464. The predicted molar refractivity (Wildman–Crippen MR) is 146 cm³/mol. The molecule has 0 aliphatic carbocycles. The van der Waals surface area contributed by atoms with Crippen molar-refractivity contribution in [3.05, 3.63) is 48.0 Å². The maximum atomic E-state index is 13.1. The number of hydrogen-bond donors (Lipinski definition) is 6. The molecule has 4 amide bonds. The van der Waals surface area contributed by atoms with Gasteiger partial charge in [0.2, 0.25) is 23.6 Å². The molecule has 212 valence electrons. The van der Waals surface area contributed by atoms with Gasteiger partial charge >= 0.3 is 5.97 Å². The number of carboxylic acids is 1. The molecule has 0 fully saturated rings. The molecule has 2 aromatic rings. The van der Waals surface area contributed by atoms with Gasteiger partial charge in [0.1, 0.15) is 18.1 Å². The summed E-state index contributed by atoms with van der Waals surface area (Å²) >= 11 is 0. The molecule has 0 spiro atoms. The van der Waals surface area contributed by atoms with E-state index in [-0.39, 0.29) is 31.8 Å². The zero-order chi connectivity index (χ0) is 29.1. The van der Waals surface area contributed by atoms with Crippen LogP contribution in [0.25, 0.3) is 10.8 Å². The minimum atomic E-state index is -1.14. The molecule has 0 saturated carbocycles. The van der Waals surface area contributed by atoms with Gasteiger partial charge in [-0.3, -0.25) is 24.0 Å². The Labute approximate surface area is 227 Å². The molecule has 0 radical (unpaired) electrons. The molecule has 0 unspecified atom stereocenters. The van der Waals surface area contributed by atoms with Crippen LogP contribution in [0, 0.1) is 5.92 Å². The summed E-state index contributed by atoms with van der Waals surface area (Å²) in [6.45, 7) is 6.38. The van der Waals surface area contributed by atoms with Crippen LogP contribution in [0.2, 0.25) is 0 Å². The third-order valence-corrected chi connectivity index (χ3v) is 6.30. The Bertz CT molecular complexity index is 1180. The van der Waals surface area contributed by atoms with Crippen molar-refractivity contribution < 1.29 is 34.2 Å². The van der Waals surface area contributed by atoms with Crippen LogP contribution in [-0.2, 0) is 30.4 Å². The van der Waals surface area contributed by atoms with Crippen molar-refractivity contribution in [3.8, 4) is 0 Å². The number of carbonyl (C=O) groups excluding carboxylic acids is 4. The fourth-order valence-electron chi connectivity index (χ4n) is 3.81. The smallest absolute Gasteiger partial charge is 0.303 e. The number of amides is 4. The van der Waals surface area contributed by atoms with Gasteiger partial charge in [0.05, 0.1) is 19.1 Å². The Kier molecular flexibility index (Phi) is 11.9. The van der Waals surface area contributed by atoms with Crippen LogP contribution in [-0.4, -0.2) is 70.6 Å². The number of rotatable bonds is 14. The van der Waals surface area contributed by atoms with Gasteiger partial charge < -0.3 is 31.5 Å². The first-order valence-corrected chi connectivity index (χ1v) is 12.9. The Hall–Kier alpha value is -3.99. The normalized spacial score (nSPS) is 14.1. The minimum absolute atomic E-state index is 0.00897. The zero-order valence-electron chi connectivity index (χ0n) is 22.7. The van der Waals surface area contributed by atoms with E-state index in [1.165, 1.54) is 13.8 Å². The predicted octanol–water partition coefficient (Wildman–Crippen LogP) is 0.874. The third-order valence-electron chi connectivity index (χ3n) is 6.30. The number of aliphatic carboxylic acids is 1. The Morgan fingerprint density at radius 2 is 1.33 bits per heavy atom. The van der Waals surface area contributed by atoms with E-state index in [1.54, 1.807) is 0 Å². The summed E-state index contributed by atoms with van der Waals surface area (Å²) in [6, 6.07) is 9.80. The van der Waals surface area contributed by atoms with Crippen molar-refractivity contribution in [2.45, 2.75) is 71.1 Å². The maximum absolute atomic E-state index is 13.1. The maximum Gasteiger partial charge on any atom is 0.303 e. The van der Waals surface area contributed by atoms with Gasteiger partial charge in [0.25, 0.3) is 0 Å². The van der Waals surface area contributed by atoms with Crippen molar-refractivity contribution in [1.29, 1.82) is 0 Å². The second kappa shape index (κ2) is 14.8. The van der Waals surface area contributed by atoms with Crippen molar-refractivity contribution in [2.24, 2.45) is 5.92 Å². The molecule has 0 aliphatic rings. The van der Waals surface area contributed by atoms with Gasteiger partial charge in [-0.15, -0.1) is 0 Å². The Morgan fingerprint density at radius 1 is 0.744 bits per heavy atom. The Morgan fingerprint density at radius 3 is 1.92 bits per heavy atom. The summed E-state index contributed by atoms with van der Waals surface area (Å²) in [4.78, 5) is 61.5. The van der Waals surface area contributed by atoms with Gasteiger partial charge in [0, 0.05) is 12.8 Å². The molecule has 39 heavy (non-hydrogen) atoms. The van der Waals surface area contributed by atoms with Crippen LogP contribution >= 0.6 is 0 Å². The topological polar surface area (TPSA) is 174 Å². The van der Waals surface area contributed by atoms with Crippen LogP contribution in [0.15, 0.2) is 42.5 Å². The highest BCUT2D eigenvalue weighted by Gasteiger charge is 2.27. The van der Waals surface area contributed by atoms with Crippen LogP contribution in [0.1, 0.15) is 46.1 Å². The molecule has 11 nitrogen and oxygen atoms in total. The number of hydrogen-bond acceptors (Lipinski definition) is 6. The van der Waals surface area contributed by atoms with Gasteiger partial charge in [0.15, 0.2) is 0 Å². The lowest BCUT2D eigenvalue weighted by molar-refractivity contribution is -0.139. The minimum Gasteiger partial charge on any atom is -0.481 e. The highest BCUT2D eigenvalue weighted by Crippen LogP contribution is 2.17. The van der Waals surface area contributed by atoms with E-state index in [9.17, 15) is 29.1 Å². The van der Waals surface area contributed by atoms with Gasteiger partial charge in [-0.05, 0) is 36.1 Å². The van der Waals surface area contributed by atoms with Gasteiger partial charge in [-0.2, -0.15) is 0 Å². The summed E-state index contributed by atoms with van der Waals surface area (Å²) in [5.74, 6) is -3.48. The van der Waals surface area contributed by atoms with E-state index in [1.807, 2.05) is 56.3 Å². The zero-order valence-corrected chi connectivity index (χ0v) is 22.7. The fourth-order valence-corrected chi connectivity index (χ4v) is 3.81. The van der Waals surface area contributed by atoms with E-state index < -0.39 is 53.8 Å². The third kappa shape index (κ3) is 10.0. The van der Waals surface area contributed by atoms with Crippen molar-refractivity contribution in [3.63, 3.8) is 0 Å². The van der Waals surface area contributed by atoms with Crippen LogP contribution in [0.3, 0.4) is 0 Å². The lowest BCUT2D eigenvalue weighted by atomic mass is 10.0. The molecule has 0 aromatic heterocycles. The van der Waals surface area contributed by atoms with Crippen LogP contribution in [0.4, 0.5) is 0 Å².